The lowest BCUT2D eigenvalue weighted by atomic mass is 9.96. The Balaban J connectivity index is 2.23. The molecule has 1 heterocycles. The molecule has 1 saturated heterocycles. The van der Waals surface area contributed by atoms with Crippen LogP contribution < -0.4 is 5.32 Å². The molecule has 0 bridgehead atoms. The molecule has 2 unspecified atom stereocenters. The maximum atomic E-state index is 11.2. The summed E-state index contributed by atoms with van der Waals surface area (Å²) in [5.74, 6) is 0.000211. The number of carboxylic acids is 1. The molecule has 2 N–H and O–H groups in total. The van der Waals surface area contributed by atoms with Gasteiger partial charge in [0.1, 0.15) is 5.54 Å². The molecule has 1 fully saturated rings. The van der Waals surface area contributed by atoms with Gasteiger partial charge in [-0.15, -0.1) is 0 Å². The summed E-state index contributed by atoms with van der Waals surface area (Å²) in [4.78, 5) is 15.9. The average molecular weight is 271 g/mol. The van der Waals surface area contributed by atoms with E-state index in [1.807, 2.05) is 0 Å². The van der Waals surface area contributed by atoms with E-state index >= 15 is 0 Å². The van der Waals surface area contributed by atoms with Gasteiger partial charge >= 0.3 is 5.97 Å². The zero-order valence-electron chi connectivity index (χ0n) is 12.8. The number of hydrogen-bond donors (Lipinski definition) is 2. The number of nitrogens with zero attached hydrogens (tertiary/aromatic N) is 2. The van der Waals surface area contributed by atoms with Crippen LogP contribution in [0.1, 0.15) is 26.2 Å². The first-order valence-electron chi connectivity index (χ1n) is 7.17. The lowest BCUT2D eigenvalue weighted by molar-refractivity contribution is -0.144. The summed E-state index contributed by atoms with van der Waals surface area (Å²) >= 11 is 0. The van der Waals surface area contributed by atoms with Gasteiger partial charge in [0.05, 0.1) is 0 Å². The van der Waals surface area contributed by atoms with Crippen molar-refractivity contribution in [1.82, 2.24) is 15.1 Å². The summed E-state index contributed by atoms with van der Waals surface area (Å²) in [5.41, 5.74) is -0.797. The third-order valence-corrected chi connectivity index (χ3v) is 4.30. The molecular formula is C14H29N3O2. The third-order valence-electron chi connectivity index (χ3n) is 4.30. The van der Waals surface area contributed by atoms with Crippen LogP contribution in [0, 0.1) is 5.92 Å². The second-order valence-corrected chi connectivity index (χ2v) is 6.17. The highest BCUT2D eigenvalue weighted by Gasteiger charge is 2.30. The molecule has 19 heavy (non-hydrogen) atoms. The van der Waals surface area contributed by atoms with Gasteiger partial charge < -0.3 is 20.2 Å². The van der Waals surface area contributed by atoms with Gasteiger partial charge in [0, 0.05) is 13.1 Å². The molecule has 1 aliphatic heterocycles. The summed E-state index contributed by atoms with van der Waals surface area (Å²) in [6.45, 7) is 6.22. The van der Waals surface area contributed by atoms with Crippen molar-refractivity contribution in [2.75, 3.05) is 47.3 Å². The fraction of sp³-hybridized carbons (Fsp3) is 0.929. The number of nitrogens with one attached hydrogen (secondary N) is 1. The Bertz CT molecular complexity index is 298. The van der Waals surface area contributed by atoms with Crippen LogP contribution in [0.3, 0.4) is 0 Å². The van der Waals surface area contributed by atoms with Crippen molar-refractivity contribution < 1.29 is 9.90 Å². The van der Waals surface area contributed by atoms with Crippen LogP contribution in [0.25, 0.3) is 0 Å². The molecule has 0 aliphatic carbocycles. The summed E-state index contributed by atoms with van der Waals surface area (Å²) in [7, 11) is 6.02. The Hall–Kier alpha value is -0.650. The molecule has 0 aromatic carbocycles. The Morgan fingerprint density at radius 3 is 2.74 bits per heavy atom. The molecule has 0 amide bonds. The highest BCUT2D eigenvalue weighted by molar-refractivity contribution is 5.78. The van der Waals surface area contributed by atoms with Gasteiger partial charge in [-0.3, -0.25) is 4.79 Å². The monoisotopic (exact) mass is 271 g/mol. The summed E-state index contributed by atoms with van der Waals surface area (Å²) in [6, 6.07) is 0. The highest BCUT2D eigenvalue weighted by atomic mass is 16.4. The van der Waals surface area contributed by atoms with Crippen LogP contribution in [0.4, 0.5) is 0 Å². The SMILES string of the molecule is CNC(C)(CCCN(C)CC1CCN(C)C1)C(=O)O. The van der Waals surface area contributed by atoms with Crippen molar-refractivity contribution >= 4 is 5.97 Å². The largest absolute Gasteiger partial charge is 0.480 e. The van der Waals surface area contributed by atoms with Gasteiger partial charge in [-0.1, -0.05) is 0 Å². The smallest absolute Gasteiger partial charge is 0.323 e. The normalized spacial score (nSPS) is 23.7. The number of carboxylic acid groups (broad SMARTS) is 1. The third kappa shape index (κ3) is 5.09. The number of aliphatic carboxylic acids is 1. The zero-order chi connectivity index (χ0) is 14.5. The van der Waals surface area contributed by atoms with Gasteiger partial charge in [0.15, 0.2) is 0 Å². The first-order valence-corrected chi connectivity index (χ1v) is 7.17. The van der Waals surface area contributed by atoms with Gasteiger partial charge in [-0.05, 0) is 66.3 Å². The number of carbonyl (C=O) groups is 1. The predicted molar refractivity (Wildman–Crippen MR) is 77.4 cm³/mol. The zero-order valence-corrected chi connectivity index (χ0v) is 12.8. The molecule has 2 atom stereocenters. The molecule has 0 spiro atoms. The maximum Gasteiger partial charge on any atom is 0.323 e. The molecule has 112 valence electrons. The lowest BCUT2D eigenvalue weighted by Gasteiger charge is -2.26. The number of hydrogen-bond acceptors (Lipinski definition) is 4. The number of likely N-dealkylation sites (N-methyl/N-ethyl adjacent to an activating group) is 1. The van der Waals surface area contributed by atoms with E-state index in [1.165, 1.54) is 19.5 Å². The Kier molecular flexibility index (Phi) is 6.23. The second kappa shape index (κ2) is 7.22. The van der Waals surface area contributed by atoms with Gasteiger partial charge in [0.2, 0.25) is 0 Å². The molecular weight excluding hydrogens is 242 g/mol. The van der Waals surface area contributed by atoms with Crippen LogP contribution in [-0.4, -0.2) is 73.7 Å². The van der Waals surface area contributed by atoms with Crippen molar-refractivity contribution in [3.8, 4) is 0 Å². The fourth-order valence-corrected chi connectivity index (χ4v) is 2.75. The van der Waals surface area contributed by atoms with Crippen molar-refractivity contribution in [3.63, 3.8) is 0 Å². The van der Waals surface area contributed by atoms with E-state index in [4.69, 9.17) is 0 Å². The number of rotatable bonds is 8. The topological polar surface area (TPSA) is 55.8 Å². The van der Waals surface area contributed by atoms with Crippen LogP contribution in [-0.2, 0) is 4.79 Å². The molecule has 5 heteroatoms. The molecule has 0 saturated carbocycles. The van der Waals surface area contributed by atoms with Gasteiger partial charge in [-0.25, -0.2) is 0 Å². The van der Waals surface area contributed by atoms with Crippen LogP contribution in [0.5, 0.6) is 0 Å². The van der Waals surface area contributed by atoms with E-state index in [9.17, 15) is 9.90 Å². The van der Waals surface area contributed by atoms with Crippen molar-refractivity contribution in [3.05, 3.63) is 0 Å². The second-order valence-electron chi connectivity index (χ2n) is 6.17. The van der Waals surface area contributed by atoms with Gasteiger partial charge in [0.25, 0.3) is 0 Å². The Morgan fingerprint density at radius 2 is 2.26 bits per heavy atom. The minimum Gasteiger partial charge on any atom is -0.480 e. The maximum absolute atomic E-state index is 11.2. The van der Waals surface area contributed by atoms with E-state index in [0.29, 0.717) is 6.42 Å². The fourth-order valence-electron chi connectivity index (χ4n) is 2.75. The minimum atomic E-state index is -0.797. The summed E-state index contributed by atoms with van der Waals surface area (Å²) < 4.78 is 0. The first-order chi connectivity index (χ1) is 8.87. The van der Waals surface area contributed by atoms with E-state index in [2.05, 4.69) is 29.2 Å². The van der Waals surface area contributed by atoms with Crippen LogP contribution in [0.2, 0.25) is 0 Å². The first kappa shape index (κ1) is 16.4. The standard InChI is InChI=1S/C14H29N3O2/c1-14(15-2,13(18)19)7-5-8-16(3)10-12-6-9-17(4)11-12/h12,15H,5-11H2,1-4H3,(H,18,19). The van der Waals surface area contributed by atoms with Crippen molar-refractivity contribution in [2.24, 2.45) is 5.92 Å². The summed E-state index contributed by atoms with van der Waals surface area (Å²) in [5, 5.41) is 12.1. The predicted octanol–water partition coefficient (Wildman–Crippen LogP) is 0.713. The molecule has 5 nitrogen and oxygen atoms in total. The van der Waals surface area contributed by atoms with E-state index in [0.717, 1.165) is 25.4 Å². The lowest BCUT2D eigenvalue weighted by Crippen LogP contribution is -2.47. The van der Waals surface area contributed by atoms with E-state index in [-0.39, 0.29) is 0 Å². The minimum absolute atomic E-state index is 0.660. The van der Waals surface area contributed by atoms with Gasteiger partial charge in [-0.2, -0.15) is 0 Å². The molecule has 0 aromatic rings. The quantitative estimate of drug-likeness (QED) is 0.681. The highest BCUT2D eigenvalue weighted by Crippen LogP contribution is 2.16. The Labute approximate surface area is 117 Å². The van der Waals surface area contributed by atoms with E-state index in [1.54, 1.807) is 14.0 Å². The number of likely N-dealkylation sites (tertiary alicyclic amines) is 1. The Morgan fingerprint density at radius 1 is 1.58 bits per heavy atom. The van der Waals surface area contributed by atoms with Crippen molar-refractivity contribution in [2.45, 2.75) is 31.7 Å². The summed E-state index contributed by atoms with van der Waals surface area (Å²) in [6.07, 6.45) is 2.85. The van der Waals surface area contributed by atoms with Crippen LogP contribution in [0.15, 0.2) is 0 Å². The molecule has 0 radical (unpaired) electrons. The van der Waals surface area contributed by atoms with E-state index < -0.39 is 11.5 Å². The molecule has 0 aromatic heterocycles. The average Bonchev–Trinajstić information content (AvgIpc) is 2.74. The molecule has 1 rings (SSSR count). The van der Waals surface area contributed by atoms with Crippen molar-refractivity contribution in [1.29, 1.82) is 0 Å². The van der Waals surface area contributed by atoms with Crippen LogP contribution >= 0.6 is 0 Å². The molecule has 1 aliphatic rings.